The average Bonchev–Trinajstić information content (AvgIpc) is 2.35. The van der Waals surface area contributed by atoms with Gasteiger partial charge in [0.25, 0.3) is 0 Å². The fraction of sp³-hybridized carbons (Fsp3) is 0.667. The van der Waals surface area contributed by atoms with E-state index in [1.165, 1.54) is 0 Å². The van der Waals surface area contributed by atoms with Crippen LogP contribution in [0.3, 0.4) is 0 Å². The van der Waals surface area contributed by atoms with Crippen LogP contribution in [-0.2, 0) is 17.6 Å². The lowest BCUT2D eigenvalue weighted by molar-refractivity contribution is -0.119. The summed E-state index contributed by atoms with van der Waals surface area (Å²) < 4.78 is 0. The Morgan fingerprint density at radius 3 is 2.39 bits per heavy atom. The van der Waals surface area contributed by atoms with E-state index in [-0.39, 0.29) is 18.5 Å². The minimum atomic E-state index is -0.0776. The van der Waals surface area contributed by atoms with E-state index in [1.54, 1.807) is 0 Å². The summed E-state index contributed by atoms with van der Waals surface area (Å²) in [5.41, 5.74) is 1.84. The highest BCUT2D eigenvalue weighted by atomic mass is 16.1. The highest BCUT2D eigenvalue weighted by Crippen LogP contribution is 2.06. The van der Waals surface area contributed by atoms with Gasteiger partial charge in [0.1, 0.15) is 0 Å². The number of hydrogen-bond donors (Lipinski definition) is 2. The van der Waals surface area contributed by atoms with Crippen molar-refractivity contribution in [3.05, 3.63) is 11.4 Å². The number of anilines is 1. The number of carbonyl (C=O) groups excluding carboxylic acids is 1. The van der Waals surface area contributed by atoms with Gasteiger partial charge in [0.2, 0.25) is 11.9 Å². The zero-order chi connectivity index (χ0) is 13.5. The molecule has 1 heterocycles. The number of nitrogens with zero attached hydrogens (tertiary/aromatic N) is 3. The van der Waals surface area contributed by atoms with E-state index in [0.29, 0.717) is 5.95 Å². The molecule has 0 fully saturated rings. The van der Waals surface area contributed by atoms with Crippen molar-refractivity contribution in [3.8, 4) is 0 Å². The Labute approximate surface area is 108 Å². The SMILES string of the molecule is CCc1nnc(NCC(=O)NC(C)C)nc1CC. The Bertz CT molecular complexity index is 405. The Hall–Kier alpha value is -1.72. The molecule has 1 aromatic rings. The van der Waals surface area contributed by atoms with Gasteiger partial charge >= 0.3 is 0 Å². The molecule has 2 N–H and O–H groups in total. The van der Waals surface area contributed by atoms with Crippen LogP contribution in [0.5, 0.6) is 0 Å². The van der Waals surface area contributed by atoms with Crippen molar-refractivity contribution in [1.82, 2.24) is 20.5 Å². The molecule has 100 valence electrons. The average molecular weight is 251 g/mol. The summed E-state index contributed by atoms with van der Waals surface area (Å²) in [5, 5.41) is 13.7. The zero-order valence-electron chi connectivity index (χ0n) is 11.4. The van der Waals surface area contributed by atoms with Crippen molar-refractivity contribution in [2.75, 3.05) is 11.9 Å². The minimum Gasteiger partial charge on any atom is -0.352 e. The monoisotopic (exact) mass is 251 g/mol. The lowest BCUT2D eigenvalue weighted by Crippen LogP contribution is -2.35. The fourth-order valence-corrected chi connectivity index (χ4v) is 1.55. The van der Waals surface area contributed by atoms with E-state index in [2.05, 4.69) is 25.8 Å². The van der Waals surface area contributed by atoms with Crippen molar-refractivity contribution in [3.63, 3.8) is 0 Å². The Balaban J connectivity index is 2.60. The van der Waals surface area contributed by atoms with Crippen LogP contribution < -0.4 is 10.6 Å². The summed E-state index contributed by atoms with van der Waals surface area (Å²) in [4.78, 5) is 15.8. The maximum absolute atomic E-state index is 11.5. The Morgan fingerprint density at radius 1 is 1.17 bits per heavy atom. The summed E-state index contributed by atoms with van der Waals surface area (Å²) in [6.45, 7) is 8.04. The molecule has 6 nitrogen and oxygen atoms in total. The quantitative estimate of drug-likeness (QED) is 0.786. The number of rotatable bonds is 6. The normalized spacial score (nSPS) is 10.5. The van der Waals surface area contributed by atoms with Gasteiger partial charge in [-0.3, -0.25) is 4.79 Å². The van der Waals surface area contributed by atoms with Gasteiger partial charge in [0, 0.05) is 6.04 Å². The molecule has 0 aliphatic heterocycles. The lowest BCUT2D eigenvalue weighted by Gasteiger charge is -2.10. The van der Waals surface area contributed by atoms with Gasteiger partial charge < -0.3 is 10.6 Å². The first-order chi connectivity index (χ1) is 8.56. The van der Waals surface area contributed by atoms with Gasteiger partial charge in [0.05, 0.1) is 17.9 Å². The maximum atomic E-state index is 11.5. The standard InChI is InChI=1S/C12H21N5O/c1-5-9-10(6-2)16-17-12(15-9)13-7-11(18)14-8(3)4/h8H,5-7H2,1-4H3,(H,14,18)(H,13,15,17). The predicted molar refractivity (Wildman–Crippen MR) is 70.4 cm³/mol. The van der Waals surface area contributed by atoms with Gasteiger partial charge in [-0.2, -0.15) is 5.10 Å². The highest BCUT2D eigenvalue weighted by Gasteiger charge is 2.07. The molecule has 0 aliphatic carbocycles. The topological polar surface area (TPSA) is 79.8 Å². The summed E-state index contributed by atoms with van der Waals surface area (Å²) in [7, 11) is 0. The van der Waals surface area contributed by atoms with E-state index in [0.717, 1.165) is 24.2 Å². The van der Waals surface area contributed by atoms with Crippen molar-refractivity contribution in [1.29, 1.82) is 0 Å². The summed E-state index contributed by atoms with van der Waals surface area (Å²) >= 11 is 0. The number of nitrogens with one attached hydrogen (secondary N) is 2. The molecule has 1 aromatic heterocycles. The second-order valence-electron chi connectivity index (χ2n) is 4.31. The Kier molecular flexibility index (Phi) is 5.48. The predicted octanol–water partition coefficient (Wildman–Crippen LogP) is 0.933. The van der Waals surface area contributed by atoms with Crippen LogP contribution in [0.25, 0.3) is 0 Å². The van der Waals surface area contributed by atoms with Gasteiger partial charge in [0.15, 0.2) is 0 Å². The minimum absolute atomic E-state index is 0.0776. The lowest BCUT2D eigenvalue weighted by atomic mass is 10.2. The molecule has 1 rings (SSSR count). The van der Waals surface area contributed by atoms with Gasteiger partial charge in [-0.15, -0.1) is 5.10 Å². The van der Waals surface area contributed by atoms with Crippen molar-refractivity contribution >= 4 is 11.9 Å². The number of aryl methyl sites for hydroxylation is 2. The van der Waals surface area contributed by atoms with Gasteiger partial charge in [-0.1, -0.05) is 13.8 Å². The van der Waals surface area contributed by atoms with E-state index in [4.69, 9.17) is 0 Å². The van der Waals surface area contributed by atoms with Crippen molar-refractivity contribution in [2.45, 2.75) is 46.6 Å². The Morgan fingerprint density at radius 2 is 1.83 bits per heavy atom. The molecule has 0 aliphatic rings. The molecule has 0 unspecified atom stereocenters. The molecule has 0 spiro atoms. The molecular formula is C12H21N5O. The molecule has 0 radical (unpaired) electrons. The molecular weight excluding hydrogens is 230 g/mol. The van der Waals surface area contributed by atoms with Crippen LogP contribution >= 0.6 is 0 Å². The highest BCUT2D eigenvalue weighted by molar-refractivity contribution is 5.80. The van der Waals surface area contributed by atoms with Crippen LogP contribution in [-0.4, -0.2) is 33.7 Å². The molecule has 0 aromatic carbocycles. The first-order valence-electron chi connectivity index (χ1n) is 6.32. The summed E-state index contributed by atoms with van der Waals surface area (Å²) in [5.74, 6) is 0.328. The van der Waals surface area contributed by atoms with E-state index in [1.807, 2.05) is 27.7 Å². The summed E-state index contributed by atoms with van der Waals surface area (Å²) in [6, 6.07) is 0.131. The first kappa shape index (κ1) is 14.3. The molecule has 1 amide bonds. The number of amides is 1. The molecule has 0 bridgehead atoms. The fourth-order valence-electron chi connectivity index (χ4n) is 1.55. The molecule has 18 heavy (non-hydrogen) atoms. The third-order valence-electron chi connectivity index (χ3n) is 2.37. The molecule has 6 heteroatoms. The van der Waals surface area contributed by atoms with E-state index < -0.39 is 0 Å². The van der Waals surface area contributed by atoms with Crippen LogP contribution in [0, 0.1) is 0 Å². The third kappa shape index (κ3) is 4.27. The largest absolute Gasteiger partial charge is 0.352 e. The van der Waals surface area contributed by atoms with Gasteiger partial charge in [-0.25, -0.2) is 4.98 Å². The van der Waals surface area contributed by atoms with Crippen LogP contribution in [0.15, 0.2) is 0 Å². The van der Waals surface area contributed by atoms with Crippen LogP contribution in [0.2, 0.25) is 0 Å². The number of carbonyl (C=O) groups is 1. The smallest absolute Gasteiger partial charge is 0.243 e. The second-order valence-corrected chi connectivity index (χ2v) is 4.31. The molecule has 0 saturated heterocycles. The van der Waals surface area contributed by atoms with Crippen LogP contribution in [0.1, 0.15) is 39.1 Å². The second kappa shape index (κ2) is 6.88. The third-order valence-corrected chi connectivity index (χ3v) is 2.37. The van der Waals surface area contributed by atoms with Crippen molar-refractivity contribution in [2.24, 2.45) is 0 Å². The van der Waals surface area contributed by atoms with E-state index >= 15 is 0 Å². The maximum Gasteiger partial charge on any atom is 0.243 e. The van der Waals surface area contributed by atoms with Crippen molar-refractivity contribution < 1.29 is 4.79 Å². The first-order valence-corrected chi connectivity index (χ1v) is 6.32. The van der Waals surface area contributed by atoms with E-state index in [9.17, 15) is 4.79 Å². The number of hydrogen-bond acceptors (Lipinski definition) is 5. The van der Waals surface area contributed by atoms with Gasteiger partial charge in [-0.05, 0) is 26.7 Å². The zero-order valence-corrected chi connectivity index (χ0v) is 11.4. The number of aromatic nitrogens is 3. The van der Waals surface area contributed by atoms with Crippen LogP contribution in [0.4, 0.5) is 5.95 Å². The molecule has 0 atom stereocenters. The summed E-state index contributed by atoms with van der Waals surface area (Å²) in [6.07, 6.45) is 1.63. The molecule has 0 saturated carbocycles.